The van der Waals surface area contributed by atoms with Gasteiger partial charge in [-0.15, -0.1) is 0 Å². The van der Waals surface area contributed by atoms with Crippen LogP contribution in [0.3, 0.4) is 0 Å². The summed E-state index contributed by atoms with van der Waals surface area (Å²) in [4.78, 5) is 44.9. The first-order valence-electron chi connectivity index (χ1n) is 7.42. The van der Waals surface area contributed by atoms with Crippen LogP contribution in [0, 0.1) is 0 Å². The van der Waals surface area contributed by atoms with Gasteiger partial charge < -0.3 is 9.82 Å². The number of carbonyl (C=O) groups is 3. The van der Waals surface area contributed by atoms with Crippen molar-refractivity contribution >= 4 is 17.8 Å². The second kappa shape index (κ2) is 5.45. The predicted molar refractivity (Wildman–Crippen MR) is 85.4 cm³/mol. The molecule has 0 radical (unpaired) electrons. The zero-order valence-electron chi connectivity index (χ0n) is 13.1. The van der Waals surface area contributed by atoms with E-state index in [1.165, 1.54) is 18.3 Å². The molecule has 8 nitrogen and oxygen atoms in total. The molecule has 25 heavy (non-hydrogen) atoms. The number of nitrogens with zero attached hydrogens (tertiary/aromatic N) is 3. The zero-order chi connectivity index (χ0) is 17.6. The van der Waals surface area contributed by atoms with Crippen LogP contribution in [0.4, 0.5) is 0 Å². The van der Waals surface area contributed by atoms with E-state index < -0.39 is 17.8 Å². The minimum absolute atomic E-state index is 0.199. The number of aromatic nitrogens is 3. The van der Waals surface area contributed by atoms with Crippen molar-refractivity contribution in [3.63, 3.8) is 0 Å². The fourth-order valence-electron chi connectivity index (χ4n) is 2.71. The van der Waals surface area contributed by atoms with E-state index in [1.807, 2.05) is 0 Å². The Bertz CT molecular complexity index is 982. The van der Waals surface area contributed by atoms with Crippen LogP contribution in [-0.2, 0) is 11.9 Å². The summed E-state index contributed by atoms with van der Waals surface area (Å²) in [5.41, 5.74) is 1.89. The van der Waals surface area contributed by atoms with Gasteiger partial charge >= 0.3 is 5.97 Å². The van der Waals surface area contributed by atoms with Crippen LogP contribution < -0.4 is 0 Å². The summed E-state index contributed by atoms with van der Waals surface area (Å²) in [7, 11) is 1.76. The highest BCUT2D eigenvalue weighted by Gasteiger charge is 2.39. The first-order chi connectivity index (χ1) is 12.1. The molecule has 1 aliphatic rings. The molecule has 0 saturated carbocycles. The monoisotopic (exact) mass is 336 g/mol. The minimum Gasteiger partial charge on any atom is -0.366 e. The van der Waals surface area contributed by atoms with E-state index in [-0.39, 0.29) is 16.7 Å². The van der Waals surface area contributed by atoms with Gasteiger partial charge in [0.25, 0.3) is 11.8 Å². The van der Waals surface area contributed by atoms with E-state index in [4.69, 9.17) is 4.84 Å². The standard InChI is InChI=1S/C17H12N4O4/c1-20-9-10(6-19-20)13-7-18-8-14(13)17(24)25-21-15(22)11-4-2-3-5-12(11)16(21)23/h2-9,18H,1H3. The number of carbonyl (C=O) groups excluding carboxylic acids is 3. The number of imide groups is 1. The number of rotatable bonds is 3. The third-order valence-corrected chi connectivity index (χ3v) is 3.91. The minimum atomic E-state index is -0.811. The van der Waals surface area contributed by atoms with Crippen molar-refractivity contribution in [2.45, 2.75) is 0 Å². The first kappa shape index (κ1) is 14.9. The van der Waals surface area contributed by atoms with Crippen molar-refractivity contribution in [1.29, 1.82) is 0 Å². The Morgan fingerprint density at radius 2 is 1.76 bits per heavy atom. The Morgan fingerprint density at radius 1 is 1.08 bits per heavy atom. The van der Waals surface area contributed by atoms with Crippen LogP contribution in [0.5, 0.6) is 0 Å². The fourth-order valence-corrected chi connectivity index (χ4v) is 2.71. The highest BCUT2D eigenvalue weighted by molar-refractivity contribution is 6.21. The van der Waals surface area contributed by atoms with Gasteiger partial charge in [0.05, 0.1) is 22.9 Å². The molecule has 1 aromatic carbocycles. The Morgan fingerprint density at radius 3 is 2.36 bits per heavy atom. The lowest BCUT2D eigenvalue weighted by Crippen LogP contribution is -2.32. The van der Waals surface area contributed by atoms with Crippen LogP contribution in [-0.4, -0.2) is 37.6 Å². The molecule has 2 amide bonds. The number of aryl methyl sites for hydroxylation is 1. The topological polar surface area (TPSA) is 97.3 Å². The Labute approximate surface area is 141 Å². The summed E-state index contributed by atoms with van der Waals surface area (Å²) < 4.78 is 1.60. The SMILES string of the molecule is Cn1cc(-c2c[nH]cc2C(=O)ON2C(=O)c3ccccc3C2=O)cn1. The number of hydrogen-bond acceptors (Lipinski definition) is 5. The number of H-pyrrole nitrogens is 1. The summed E-state index contributed by atoms with van der Waals surface area (Å²) in [5.74, 6) is -2.13. The van der Waals surface area contributed by atoms with Gasteiger partial charge in [-0.05, 0) is 12.1 Å². The van der Waals surface area contributed by atoms with Crippen molar-refractivity contribution in [3.05, 3.63) is 65.7 Å². The normalized spacial score (nSPS) is 13.2. The number of aromatic amines is 1. The molecule has 0 saturated heterocycles. The van der Waals surface area contributed by atoms with Crippen molar-refractivity contribution in [2.24, 2.45) is 7.05 Å². The summed E-state index contributed by atoms with van der Waals surface area (Å²) in [5, 5.41) is 4.55. The molecule has 0 bridgehead atoms. The van der Waals surface area contributed by atoms with E-state index in [1.54, 1.807) is 42.5 Å². The van der Waals surface area contributed by atoms with Crippen LogP contribution >= 0.6 is 0 Å². The third-order valence-electron chi connectivity index (χ3n) is 3.91. The average Bonchev–Trinajstić information content (AvgIpc) is 3.31. The molecule has 3 aromatic rings. The Hall–Kier alpha value is -3.68. The van der Waals surface area contributed by atoms with Gasteiger partial charge in [-0.1, -0.05) is 17.2 Å². The average molecular weight is 336 g/mol. The lowest BCUT2D eigenvalue weighted by Gasteiger charge is -2.12. The predicted octanol–water partition coefficient (Wildman–Crippen LogP) is 1.78. The maximum atomic E-state index is 12.5. The van der Waals surface area contributed by atoms with Crippen LogP contribution in [0.1, 0.15) is 31.1 Å². The molecule has 2 aromatic heterocycles. The molecule has 124 valence electrons. The number of amides is 2. The Kier molecular flexibility index (Phi) is 3.24. The molecule has 4 rings (SSSR count). The van der Waals surface area contributed by atoms with Gasteiger partial charge in [-0.3, -0.25) is 14.3 Å². The van der Waals surface area contributed by atoms with E-state index in [9.17, 15) is 14.4 Å². The van der Waals surface area contributed by atoms with Crippen LogP contribution in [0.2, 0.25) is 0 Å². The number of nitrogens with one attached hydrogen (secondary N) is 1. The van der Waals surface area contributed by atoms with Gasteiger partial charge in [0.2, 0.25) is 0 Å². The Balaban J connectivity index is 1.61. The molecule has 0 atom stereocenters. The van der Waals surface area contributed by atoms with Gasteiger partial charge in [0.15, 0.2) is 0 Å². The van der Waals surface area contributed by atoms with Gasteiger partial charge in [-0.25, -0.2) is 4.79 Å². The third kappa shape index (κ3) is 2.31. The highest BCUT2D eigenvalue weighted by Crippen LogP contribution is 2.26. The number of fused-ring (bicyclic) bond motifs is 1. The molecule has 1 N–H and O–H groups in total. The molecule has 0 spiro atoms. The number of hydroxylamine groups is 2. The van der Waals surface area contributed by atoms with Crippen molar-refractivity contribution in [2.75, 3.05) is 0 Å². The quantitative estimate of drug-likeness (QED) is 0.735. The summed E-state index contributed by atoms with van der Waals surface area (Å²) in [6, 6.07) is 6.31. The smallest absolute Gasteiger partial charge is 0.366 e. The van der Waals surface area contributed by atoms with Gasteiger partial charge in [-0.2, -0.15) is 5.10 Å². The number of hydrogen-bond donors (Lipinski definition) is 1. The lowest BCUT2D eigenvalue weighted by molar-refractivity contribution is -0.0583. The van der Waals surface area contributed by atoms with Crippen molar-refractivity contribution in [1.82, 2.24) is 19.8 Å². The molecular formula is C17H12N4O4. The maximum Gasteiger partial charge on any atom is 0.366 e. The highest BCUT2D eigenvalue weighted by atomic mass is 16.7. The fraction of sp³-hybridized carbons (Fsp3) is 0.0588. The van der Waals surface area contributed by atoms with Gasteiger partial charge in [0.1, 0.15) is 0 Å². The maximum absolute atomic E-state index is 12.5. The zero-order valence-corrected chi connectivity index (χ0v) is 13.1. The largest absolute Gasteiger partial charge is 0.366 e. The number of benzene rings is 1. The second-order valence-corrected chi connectivity index (χ2v) is 5.51. The summed E-state index contributed by atoms with van der Waals surface area (Å²) in [6.45, 7) is 0. The molecule has 8 heteroatoms. The van der Waals surface area contributed by atoms with Crippen molar-refractivity contribution in [3.8, 4) is 11.1 Å². The summed E-state index contributed by atoms with van der Waals surface area (Å²) in [6.07, 6.45) is 6.41. The van der Waals surface area contributed by atoms with E-state index in [0.717, 1.165) is 0 Å². The lowest BCUT2D eigenvalue weighted by atomic mass is 10.1. The molecule has 3 heterocycles. The molecule has 1 aliphatic heterocycles. The second-order valence-electron chi connectivity index (χ2n) is 5.51. The molecule has 0 fully saturated rings. The van der Waals surface area contributed by atoms with Crippen LogP contribution in [0.15, 0.2) is 49.1 Å². The van der Waals surface area contributed by atoms with E-state index >= 15 is 0 Å². The van der Waals surface area contributed by atoms with Crippen molar-refractivity contribution < 1.29 is 19.2 Å². The molecule has 0 unspecified atom stereocenters. The van der Waals surface area contributed by atoms with E-state index in [0.29, 0.717) is 16.2 Å². The molecular weight excluding hydrogens is 324 g/mol. The van der Waals surface area contributed by atoms with Crippen LogP contribution in [0.25, 0.3) is 11.1 Å². The summed E-state index contributed by atoms with van der Waals surface area (Å²) >= 11 is 0. The van der Waals surface area contributed by atoms with Gasteiger partial charge in [0, 0.05) is 36.8 Å². The van der Waals surface area contributed by atoms with E-state index in [2.05, 4.69) is 10.1 Å². The molecule has 0 aliphatic carbocycles. The first-order valence-corrected chi connectivity index (χ1v) is 7.42.